The number of nitrogens with one attached hydrogen (secondary N) is 2. The molecule has 0 rings (SSSR count). The Morgan fingerprint density at radius 1 is 1.10 bits per heavy atom. The summed E-state index contributed by atoms with van der Waals surface area (Å²) in [4.78, 5) is 34.2. The average molecular weight is 286 g/mol. The Morgan fingerprint density at radius 3 is 2.05 bits per heavy atom. The van der Waals surface area contributed by atoms with E-state index in [9.17, 15) is 14.4 Å². The fraction of sp³-hybridized carbons (Fsp3) is 0.786. The van der Waals surface area contributed by atoms with Gasteiger partial charge in [0.1, 0.15) is 6.04 Å². The van der Waals surface area contributed by atoms with Crippen LogP contribution < -0.4 is 10.6 Å². The summed E-state index contributed by atoms with van der Waals surface area (Å²) in [7, 11) is 0. The second-order valence-corrected chi connectivity index (χ2v) is 6.60. The zero-order chi connectivity index (χ0) is 15.9. The van der Waals surface area contributed by atoms with Gasteiger partial charge in [-0.05, 0) is 17.8 Å². The number of carboxylic acid groups (broad SMARTS) is 1. The quantitative estimate of drug-likeness (QED) is 0.654. The van der Waals surface area contributed by atoms with Crippen molar-refractivity contribution in [3.63, 3.8) is 0 Å². The van der Waals surface area contributed by atoms with Gasteiger partial charge in [0.25, 0.3) is 0 Å². The van der Waals surface area contributed by atoms with E-state index in [1.54, 1.807) is 0 Å². The van der Waals surface area contributed by atoms with Crippen LogP contribution in [0.5, 0.6) is 0 Å². The van der Waals surface area contributed by atoms with Crippen molar-refractivity contribution in [1.82, 2.24) is 10.6 Å². The summed E-state index contributed by atoms with van der Waals surface area (Å²) in [5.74, 6) is -1.61. The highest BCUT2D eigenvalue weighted by Gasteiger charge is 2.21. The number of carboxylic acids is 1. The number of aliphatic carboxylic acids is 1. The van der Waals surface area contributed by atoms with Crippen LogP contribution in [0.25, 0.3) is 0 Å². The molecular weight excluding hydrogens is 260 g/mol. The number of rotatable bonds is 7. The molecular formula is C14H26N2O4. The molecule has 0 aliphatic heterocycles. The fourth-order valence-corrected chi connectivity index (χ4v) is 1.66. The zero-order valence-corrected chi connectivity index (χ0v) is 12.9. The third kappa shape index (κ3) is 9.35. The molecule has 6 heteroatoms. The van der Waals surface area contributed by atoms with Crippen molar-refractivity contribution in [2.75, 3.05) is 6.54 Å². The molecule has 0 spiro atoms. The molecule has 0 radical (unpaired) electrons. The number of carbonyl (C=O) groups excluding carboxylic acids is 2. The second-order valence-electron chi connectivity index (χ2n) is 6.60. The Balaban J connectivity index is 4.21. The van der Waals surface area contributed by atoms with Crippen LogP contribution in [-0.4, -0.2) is 35.5 Å². The van der Waals surface area contributed by atoms with Crippen LogP contribution in [0.2, 0.25) is 0 Å². The summed E-state index contributed by atoms with van der Waals surface area (Å²) in [5.41, 5.74) is -0.151. The number of carbonyl (C=O) groups is 3. The third-order valence-electron chi connectivity index (χ3n) is 2.48. The van der Waals surface area contributed by atoms with Crippen LogP contribution in [0.1, 0.15) is 47.5 Å². The van der Waals surface area contributed by atoms with Gasteiger partial charge in [-0.15, -0.1) is 0 Å². The minimum absolute atomic E-state index is 0.151. The summed E-state index contributed by atoms with van der Waals surface area (Å²) in [5, 5.41) is 13.9. The fourth-order valence-electron chi connectivity index (χ4n) is 1.66. The highest BCUT2D eigenvalue weighted by Crippen LogP contribution is 2.17. The molecule has 20 heavy (non-hydrogen) atoms. The Labute approximate surface area is 120 Å². The van der Waals surface area contributed by atoms with Crippen molar-refractivity contribution in [3.05, 3.63) is 0 Å². The Kier molecular flexibility index (Phi) is 7.24. The van der Waals surface area contributed by atoms with Gasteiger partial charge in [0, 0.05) is 6.42 Å². The van der Waals surface area contributed by atoms with Gasteiger partial charge in [0.05, 0.1) is 6.54 Å². The first kappa shape index (κ1) is 18.4. The second kappa shape index (κ2) is 7.87. The first-order valence-corrected chi connectivity index (χ1v) is 6.80. The van der Waals surface area contributed by atoms with Gasteiger partial charge in [-0.2, -0.15) is 0 Å². The van der Waals surface area contributed by atoms with Crippen molar-refractivity contribution in [2.45, 2.75) is 53.5 Å². The molecule has 0 aromatic heterocycles. The van der Waals surface area contributed by atoms with Crippen molar-refractivity contribution in [1.29, 1.82) is 0 Å². The van der Waals surface area contributed by atoms with E-state index in [1.807, 2.05) is 34.6 Å². The normalized spacial score (nSPS) is 12.9. The van der Waals surface area contributed by atoms with Gasteiger partial charge < -0.3 is 15.7 Å². The highest BCUT2D eigenvalue weighted by molar-refractivity contribution is 5.87. The largest absolute Gasteiger partial charge is 0.480 e. The van der Waals surface area contributed by atoms with Crippen molar-refractivity contribution < 1.29 is 19.5 Å². The van der Waals surface area contributed by atoms with Gasteiger partial charge in [0.15, 0.2) is 0 Å². The molecule has 0 fully saturated rings. The maximum atomic E-state index is 11.6. The molecule has 1 unspecified atom stereocenters. The molecule has 0 saturated heterocycles. The molecule has 0 bridgehead atoms. The standard InChI is InChI=1S/C14H26N2O4/c1-9(2)6-10(13(19)20)16-12(18)8-15-11(17)7-14(3,4)5/h9-10H,6-8H2,1-5H3,(H,15,17)(H,16,18)(H,19,20). The predicted octanol–water partition coefficient (Wildman–Crippen LogP) is 1.15. The molecule has 0 heterocycles. The van der Waals surface area contributed by atoms with Gasteiger partial charge in [-0.25, -0.2) is 4.79 Å². The minimum Gasteiger partial charge on any atom is -0.480 e. The minimum atomic E-state index is -1.06. The van der Waals surface area contributed by atoms with Gasteiger partial charge >= 0.3 is 5.97 Å². The van der Waals surface area contributed by atoms with Crippen LogP contribution in [0.3, 0.4) is 0 Å². The molecule has 6 nitrogen and oxygen atoms in total. The van der Waals surface area contributed by atoms with Gasteiger partial charge in [0.2, 0.25) is 11.8 Å². The van der Waals surface area contributed by atoms with E-state index in [2.05, 4.69) is 10.6 Å². The molecule has 1 atom stereocenters. The lowest BCUT2D eigenvalue weighted by molar-refractivity contribution is -0.142. The Bertz CT molecular complexity index is 359. The number of hydrogen-bond acceptors (Lipinski definition) is 3. The molecule has 116 valence electrons. The molecule has 0 aliphatic rings. The average Bonchev–Trinajstić information content (AvgIpc) is 2.22. The topological polar surface area (TPSA) is 95.5 Å². The van der Waals surface area contributed by atoms with E-state index in [-0.39, 0.29) is 23.8 Å². The lowest BCUT2D eigenvalue weighted by Gasteiger charge is -2.18. The summed E-state index contributed by atoms with van der Waals surface area (Å²) >= 11 is 0. The molecule has 3 N–H and O–H groups in total. The zero-order valence-electron chi connectivity index (χ0n) is 12.9. The third-order valence-corrected chi connectivity index (χ3v) is 2.48. The summed E-state index contributed by atoms with van der Waals surface area (Å²) in [6.07, 6.45) is 0.672. The van der Waals surface area contributed by atoms with Crippen LogP contribution in [0.15, 0.2) is 0 Å². The maximum Gasteiger partial charge on any atom is 0.326 e. The van der Waals surface area contributed by atoms with E-state index in [0.29, 0.717) is 12.8 Å². The van der Waals surface area contributed by atoms with Crippen molar-refractivity contribution >= 4 is 17.8 Å². The van der Waals surface area contributed by atoms with Crippen LogP contribution in [-0.2, 0) is 14.4 Å². The monoisotopic (exact) mass is 286 g/mol. The predicted molar refractivity (Wildman–Crippen MR) is 76.1 cm³/mol. The van der Waals surface area contributed by atoms with Crippen LogP contribution in [0, 0.1) is 11.3 Å². The maximum absolute atomic E-state index is 11.6. The van der Waals surface area contributed by atoms with E-state index in [1.165, 1.54) is 0 Å². The van der Waals surface area contributed by atoms with Crippen LogP contribution >= 0.6 is 0 Å². The number of amides is 2. The lowest BCUT2D eigenvalue weighted by atomic mass is 9.92. The van der Waals surface area contributed by atoms with E-state index in [0.717, 1.165) is 0 Å². The van der Waals surface area contributed by atoms with E-state index >= 15 is 0 Å². The summed E-state index contributed by atoms with van der Waals surface area (Å²) in [6, 6.07) is -0.915. The molecule has 0 aromatic rings. The lowest BCUT2D eigenvalue weighted by Crippen LogP contribution is -2.46. The summed E-state index contributed by atoms with van der Waals surface area (Å²) < 4.78 is 0. The number of hydrogen-bond donors (Lipinski definition) is 3. The van der Waals surface area contributed by atoms with Crippen molar-refractivity contribution in [2.24, 2.45) is 11.3 Å². The first-order valence-electron chi connectivity index (χ1n) is 6.80. The molecule has 0 aliphatic carbocycles. The van der Waals surface area contributed by atoms with E-state index in [4.69, 9.17) is 5.11 Å². The first-order chi connectivity index (χ1) is 9.01. The Morgan fingerprint density at radius 2 is 1.65 bits per heavy atom. The molecule has 2 amide bonds. The summed E-state index contributed by atoms with van der Waals surface area (Å²) in [6.45, 7) is 9.35. The van der Waals surface area contributed by atoms with Gasteiger partial charge in [-0.3, -0.25) is 9.59 Å². The Hall–Kier alpha value is -1.59. The highest BCUT2D eigenvalue weighted by atomic mass is 16.4. The van der Waals surface area contributed by atoms with E-state index < -0.39 is 17.9 Å². The SMILES string of the molecule is CC(C)CC(NC(=O)CNC(=O)CC(C)(C)C)C(=O)O. The van der Waals surface area contributed by atoms with Crippen molar-refractivity contribution in [3.8, 4) is 0 Å². The molecule has 0 saturated carbocycles. The van der Waals surface area contributed by atoms with Gasteiger partial charge in [-0.1, -0.05) is 34.6 Å². The smallest absolute Gasteiger partial charge is 0.326 e. The van der Waals surface area contributed by atoms with Crippen LogP contribution in [0.4, 0.5) is 0 Å². The molecule has 0 aromatic carbocycles.